The summed E-state index contributed by atoms with van der Waals surface area (Å²) in [5.74, 6) is -0.0850. The maximum Gasteiger partial charge on any atom is 0.223 e. The fraction of sp³-hybridized carbons (Fsp3) is 0.579. The van der Waals surface area contributed by atoms with Crippen LogP contribution in [0.5, 0.6) is 0 Å². The summed E-state index contributed by atoms with van der Waals surface area (Å²) in [7, 11) is 0. The molecule has 25 heavy (non-hydrogen) atoms. The van der Waals surface area contributed by atoms with E-state index in [1.165, 1.54) is 12.1 Å². The molecule has 2 aliphatic rings. The van der Waals surface area contributed by atoms with Gasteiger partial charge in [0.15, 0.2) is 0 Å². The highest BCUT2D eigenvalue weighted by atomic mass is 19.1. The maximum atomic E-state index is 13.2. The van der Waals surface area contributed by atoms with Crippen molar-refractivity contribution in [3.8, 4) is 0 Å². The molecule has 136 valence electrons. The highest BCUT2D eigenvalue weighted by Gasteiger charge is 2.30. The first-order valence-electron chi connectivity index (χ1n) is 9.07. The minimum atomic E-state index is -0.299. The van der Waals surface area contributed by atoms with Crippen LogP contribution >= 0.6 is 0 Å². The Morgan fingerprint density at radius 1 is 1.20 bits per heavy atom. The number of benzene rings is 1. The van der Waals surface area contributed by atoms with Crippen molar-refractivity contribution < 1.29 is 18.7 Å². The third kappa shape index (κ3) is 5.26. The Hall–Kier alpha value is -1.95. The molecule has 2 fully saturated rings. The molecule has 3 rings (SSSR count). The number of rotatable bonds is 8. The molecule has 2 atom stereocenters. The van der Waals surface area contributed by atoms with Gasteiger partial charge in [0.1, 0.15) is 5.82 Å². The largest absolute Gasteiger partial charge is 0.376 e. The van der Waals surface area contributed by atoms with Crippen LogP contribution in [0.2, 0.25) is 0 Å². The van der Waals surface area contributed by atoms with Gasteiger partial charge in [-0.1, -0.05) is 12.1 Å². The Labute approximate surface area is 147 Å². The number of amides is 2. The lowest BCUT2D eigenvalue weighted by Crippen LogP contribution is -2.36. The van der Waals surface area contributed by atoms with Crippen molar-refractivity contribution in [3.63, 3.8) is 0 Å². The van der Waals surface area contributed by atoms with Crippen molar-refractivity contribution in [3.05, 3.63) is 35.6 Å². The highest BCUT2D eigenvalue weighted by molar-refractivity contribution is 5.81. The molecule has 0 aromatic heterocycles. The first-order chi connectivity index (χ1) is 12.1. The van der Waals surface area contributed by atoms with E-state index in [9.17, 15) is 14.0 Å². The highest BCUT2D eigenvalue weighted by Crippen LogP contribution is 2.29. The minimum Gasteiger partial charge on any atom is -0.376 e. The lowest BCUT2D eigenvalue weighted by molar-refractivity contribution is -0.124. The van der Waals surface area contributed by atoms with Gasteiger partial charge in [-0.25, -0.2) is 4.39 Å². The molecular formula is C19H25FN2O3. The summed E-state index contributed by atoms with van der Waals surface area (Å²) in [6, 6.07) is 5.92. The SMILES string of the molecule is O=C(CCCNC(=O)C1CC1)NC(c1ccc(F)cc1)C1CCCO1. The van der Waals surface area contributed by atoms with Crippen molar-refractivity contribution in [1.82, 2.24) is 10.6 Å². The van der Waals surface area contributed by atoms with E-state index in [2.05, 4.69) is 10.6 Å². The van der Waals surface area contributed by atoms with E-state index in [0.29, 0.717) is 26.0 Å². The Morgan fingerprint density at radius 2 is 1.96 bits per heavy atom. The van der Waals surface area contributed by atoms with Gasteiger partial charge in [0.25, 0.3) is 0 Å². The average Bonchev–Trinajstić information content (AvgIpc) is 3.33. The normalized spacial score (nSPS) is 20.9. The molecule has 0 radical (unpaired) electrons. The third-order valence-electron chi connectivity index (χ3n) is 4.71. The number of carbonyl (C=O) groups is 2. The van der Waals surface area contributed by atoms with Crippen molar-refractivity contribution >= 4 is 11.8 Å². The van der Waals surface area contributed by atoms with Gasteiger partial charge in [-0.3, -0.25) is 9.59 Å². The number of hydrogen-bond acceptors (Lipinski definition) is 3. The molecule has 1 aliphatic carbocycles. The van der Waals surface area contributed by atoms with Crippen LogP contribution in [-0.4, -0.2) is 31.1 Å². The van der Waals surface area contributed by atoms with Gasteiger partial charge in [0.2, 0.25) is 11.8 Å². The summed E-state index contributed by atoms with van der Waals surface area (Å²) in [5.41, 5.74) is 0.851. The molecule has 2 unspecified atom stereocenters. The van der Waals surface area contributed by atoms with Crippen molar-refractivity contribution in [2.24, 2.45) is 5.92 Å². The summed E-state index contributed by atoms with van der Waals surface area (Å²) in [6.45, 7) is 1.20. The van der Waals surface area contributed by atoms with Gasteiger partial charge in [0, 0.05) is 25.5 Å². The Balaban J connectivity index is 1.49. The van der Waals surface area contributed by atoms with Crippen LogP contribution in [0.1, 0.15) is 50.1 Å². The van der Waals surface area contributed by atoms with E-state index in [1.54, 1.807) is 12.1 Å². The van der Waals surface area contributed by atoms with Crippen molar-refractivity contribution in [2.45, 2.75) is 50.7 Å². The lowest BCUT2D eigenvalue weighted by Gasteiger charge is -2.25. The van der Waals surface area contributed by atoms with Crippen LogP contribution in [0.15, 0.2) is 24.3 Å². The van der Waals surface area contributed by atoms with E-state index in [4.69, 9.17) is 4.74 Å². The molecule has 1 aromatic rings. The standard InChI is InChI=1S/C19H25FN2O3/c20-15-9-7-13(8-10-15)18(16-3-2-12-25-16)22-17(23)4-1-11-21-19(24)14-5-6-14/h7-10,14,16,18H,1-6,11-12H2,(H,21,24)(H,22,23). The first-order valence-corrected chi connectivity index (χ1v) is 9.07. The molecule has 6 heteroatoms. The number of ether oxygens (including phenoxy) is 1. The molecule has 0 spiro atoms. The van der Waals surface area contributed by atoms with E-state index >= 15 is 0 Å². The molecule has 0 bridgehead atoms. The zero-order chi connectivity index (χ0) is 17.6. The van der Waals surface area contributed by atoms with E-state index < -0.39 is 0 Å². The second-order valence-corrected chi connectivity index (χ2v) is 6.82. The number of nitrogens with one attached hydrogen (secondary N) is 2. The van der Waals surface area contributed by atoms with Crippen molar-refractivity contribution in [2.75, 3.05) is 13.2 Å². The second kappa shape index (κ2) is 8.43. The third-order valence-corrected chi connectivity index (χ3v) is 4.71. The number of hydrogen-bond donors (Lipinski definition) is 2. The molecule has 2 N–H and O–H groups in total. The Morgan fingerprint density at radius 3 is 2.60 bits per heavy atom. The van der Waals surface area contributed by atoms with Crippen molar-refractivity contribution in [1.29, 1.82) is 0 Å². The van der Waals surface area contributed by atoms with Gasteiger partial charge >= 0.3 is 0 Å². The molecule has 1 aliphatic heterocycles. The predicted molar refractivity (Wildman–Crippen MR) is 91.2 cm³/mol. The number of halogens is 1. The number of carbonyl (C=O) groups excluding carboxylic acids is 2. The Bertz CT molecular complexity index is 595. The van der Waals surface area contributed by atoms with Crippen LogP contribution in [0.3, 0.4) is 0 Å². The van der Waals surface area contributed by atoms with Crippen LogP contribution in [-0.2, 0) is 14.3 Å². The van der Waals surface area contributed by atoms with Gasteiger partial charge in [-0.15, -0.1) is 0 Å². The predicted octanol–water partition coefficient (Wildman–Crippen LogP) is 2.47. The van der Waals surface area contributed by atoms with Crippen LogP contribution in [0, 0.1) is 11.7 Å². The summed E-state index contributed by atoms with van der Waals surface area (Å²) >= 11 is 0. The minimum absolute atomic E-state index is 0.0782. The van der Waals surface area contributed by atoms with Gasteiger partial charge in [-0.2, -0.15) is 0 Å². The molecule has 1 saturated heterocycles. The summed E-state index contributed by atoms with van der Waals surface area (Å²) < 4.78 is 18.9. The molecule has 5 nitrogen and oxygen atoms in total. The molecule has 2 amide bonds. The Kier molecular flexibility index (Phi) is 6.02. The molecule has 1 aromatic carbocycles. The molecule has 1 saturated carbocycles. The summed E-state index contributed by atoms with van der Waals surface area (Å²) in [5, 5.41) is 5.88. The summed E-state index contributed by atoms with van der Waals surface area (Å²) in [4.78, 5) is 23.8. The van der Waals surface area contributed by atoms with E-state index in [1.807, 2.05) is 0 Å². The quantitative estimate of drug-likeness (QED) is 0.709. The van der Waals surface area contributed by atoms with Crippen LogP contribution < -0.4 is 10.6 Å². The van der Waals surface area contributed by atoms with E-state index in [0.717, 1.165) is 31.2 Å². The molecular weight excluding hydrogens is 323 g/mol. The maximum absolute atomic E-state index is 13.2. The van der Waals surface area contributed by atoms with Crippen LogP contribution in [0.4, 0.5) is 4.39 Å². The monoisotopic (exact) mass is 348 g/mol. The molecule has 1 heterocycles. The summed E-state index contributed by atoms with van der Waals surface area (Å²) in [6.07, 6.45) is 4.66. The fourth-order valence-corrected chi connectivity index (χ4v) is 3.12. The average molecular weight is 348 g/mol. The first kappa shape index (κ1) is 17.9. The topological polar surface area (TPSA) is 67.4 Å². The van der Waals surface area contributed by atoms with E-state index in [-0.39, 0.29) is 35.7 Å². The zero-order valence-electron chi connectivity index (χ0n) is 14.3. The van der Waals surface area contributed by atoms with Gasteiger partial charge in [-0.05, 0) is 49.8 Å². The smallest absolute Gasteiger partial charge is 0.223 e. The van der Waals surface area contributed by atoms with Crippen LogP contribution in [0.25, 0.3) is 0 Å². The lowest BCUT2D eigenvalue weighted by atomic mass is 9.99. The zero-order valence-corrected chi connectivity index (χ0v) is 14.3. The second-order valence-electron chi connectivity index (χ2n) is 6.82. The van der Waals surface area contributed by atoms with Gasteiger partial charge in [0.05, 0.1) is 12.1 Å². The van der Waals surface area contributed by atoms with Gasteiger partial charge < -0.3 is 15.4 Å². The fourth-order valence-electron chi connectivity index (χ4n) is 3.12.